The van der Waals surface area contributed by atoms with E-state index in [-0.39, 0.29) is 6.03 Å². The van der Waals surface area contributed by atoms with Gasteiger partial charge in [0.15, 0.2) is 0 Å². The van der Waals surface area contributed by atoms with Crippen LogP contribution < -0.4 is 15.4 Å². The number of carbonyl (C=O) groups is 1. The van der Waals surface area contributed by atoms with Gasteiger partial charge in [-0.2, -0.15) is 0 Å². The van der Waals surface area contributed by atoms with E-state index in [0.29, 0.717) is 12.0 Å². The molecule has 1 aromatic rings. The Morgan fingerprint density at radius 3 is 3.16 bits per heavy atom. The van der Waals surface area contributed by atoms with Crippen LogP contribution >= 0.6 is 0 Å². The van der Waals surface area contributed by atoms with Gasteiger partial charge in [-0.1, -0.05) is 6.07 Å². The summed E-state index contributed by atoms with van der Waals surface area (Å²) < 4.78 is 5.15. The van der Waals surface area contributed by atoms with Crippen molar-refractivity contribution in [2.24, 2.45) is 5.92 Å². The van der Waals surface area contributed by atoms with Gasteiger partial charge in [0.05, 0.1) is 7.11 Å². The van der Waals surface area contributed by atoms with Crippen molar-refractivity contribution in [3.05, 3.63) is 24.3 Å². The number of likely N-dealkylation sites (tertiary alicyclic amines) is 1. The van der Waals surface area contributed by atoms with Crippen LogP contribution in [0.25, 0.3) is 0 Å². The van der Waals surface area contributed by atoms with E-state index in [4.69, 9.17) is 4.74 Å². The van der Waals surface area contributed by atoms with E-state index in [9.17, 15) is 4.79 Å². The molecule has 2 aliphatic rings. The molecule has 2 heterocycles. The summed E-state index contributed by atoms with van der Waals surface area (Å²) in [6, 6.07) is 7.89. The summed E-state index contributed by atoms with van der Waals surface area (Å²) in [4.78, 5) is 14.1. The lowest BCUT2D eigenvalue weighted by Crippen LogP contribution is -2.36. The molecule has 0 bridgehead atoms. The summed E-state index contributed by atoms with van der Waals surface area (Å²) in [6.07, 6.45) is 1.17. The van der Waals surface area contributed by atoms with Crippen molar-refractivity contribution in [3.63, 3.8) is 0 Å². The van der Waals surface area contributed by atoms with Gasteiger partial charge in [0.25, 0.3) is 0 Å². The smallest absolute Gasteiger partial charge is 0.321 e. The first-order chi connectivity index (χ1) is 9.26. The van der Waals surface area contributed by atoms with Gasteiger partial charge in [-0.25, -0.2) is 4.79 Å². The maximum Gasteiger partial charge on any atom is 0.321 e. The Kier molecular flexibility index (Phi) is 3.29. The van der Waals surface area contributed by atoms with E-state index in [1.165, 1.54) is 6.42 Å². The van der Waals surface area contributed by atoms with Crippen LogP contribution in [0.15, 0.2) is 24.3 Å². The third-order valence-electron chi connectivity index (χ3n) is 3.97. The zero-order valence-electron chi connectivity index (χ0n) is 11.1. The number of fused-ring (bicyclic) bond motifs is 1. The van der Waals surface area contributed by atoms with Crippen molar-refractivity contribution in [2.75, 3.05) is 32.1 Å². The van der Waals surface area contributed by atoms with E-state index < -0.39 is 0 Å². The summed E-state index contributed by atoms with van der Waals surface area (Å²) in [7, 11) is 1.62. The lowest BCUT2D eigenvalue weighted by Gasteiger charge is -2.18. The zero-order chi connectivity index (χ0) is 13.2. The van der Waals surface area contributed by atoms with Crippen molar-refractivity contribution in [1.82, 2.24) is 10.2 Å². The quantitative estimate of drug-likeness (QED) is 0.848. The molecule has 2 amide bonds. The monoisotopic (exact) mass is 261 g/mol. The third kappa shape index (κ3) is 2.51. The van der Waals surface area contributed by atoms with Gasteiger partial charge < -0.3 is 20.3 Å². The molecule has 2 N–H and O–H groups in total. The Labute approximate surface area is 112 Å². The maximum absolute atomic E-state index is 12.2. The van der Waals surface area contributed by atoms with Gasteiger partial charge in [0, 0.05) is 30.9 Å². The van der Waals surface area contributed by atoms with Gasteiger partial charge in [-0.15, -0.1) is 0 Å². The summed E-state index contributed by atoms with van der Waals surface area (Å²) in [6.45, 7) is 2.74. The van der Waals surface area contributed by atoms with E-state index in [1.807, 2.05) is 29.2 Å². The van der Waals surface area contributed by atoms with Crippen LogP contribution in [0.5, 0.6) is 5.75 Å². The number of ether oxygens (including phenoxy) is 1. The molecule has 102 valence electrons. The fourth-order valence-electron chi connectivity index (χ4n) is 2.92. The molecule has 0 unspecified atom stereocenters. The molecular weight excluding hydrogens is 242 g/mol. The highest BCUT2D eigenvalue weighted by Crippen LogP contribution is 2.25. The molecule has 1 aromatic carbocycles. The summed E-state index contributed by atoms with van der Waals surface area (Å²) >= 11 is 0. The van der Waals surface area contributed by atoms with Crippen molar-refractivity contribution in [3.8, 4) is 5.75 Å². The molecular formula is C14H19N3O2. The van der Waals surface area contributed by atoms with Crippen molar-refractivity contribution >= 4 is 11.7 Å². The maximum atomic E-state index is 12.2. The minimum Gasteiger partial charge on any atom is -0.497 e. The topological polar surface area (TPSA) is 53.6 Å². The highest BCUT2D eigenvalue weighted by molar-refractivity contribution is 5.89. The van der Waals surface area contributed by atoms with E-state index >= 15 is 0 Å². The molecule has 0 saturated carbocycles. The molecule has 2 atom stereocenters. The Bertz CT molecular complexity index is 466. The molecule has 0 aromatic heterocycles. The first kappa shape index (κ1) is 12.3. The minimum atomic E-state index is -0.0237. The average molecular weight is 261 g/mol. The van der Waals surface area contributed by atoms with Crippen LogP contribution in [-0.2, 0) is 0 Å². The van der Waals surface area contributed by atoms with Gasteiger partial charge in [-0.3, -0.25) is 0 Å². The number of carbonyl (C=O) groups excluding carboxylic acids is 1. The summed E-state index contributed by atoms with van der Waals surface area (Å²) in [5.74, 6) is 1.37. The van der Waals surface area contributed by atoms with Gasteiger partial charge in [-0.05, 0) is 31.0 Å². The van der Waals surface area contributed by atoms with E-state index in [1.54, 1.807) is 7.11 Å². The van der Waals surface area contributed by atoms with Crippen LogP contribution in [0.1, 0.15) is 6.42 Å². The van der Waals surface area contributed by atoms with E-state index in [2.05, 4.69) is 10.6 Å². The number of anilines is 1. The predicted octanol–water partition coefficient (Wildman–Crippen LogP) is 1.52. The van der Waals surface area contributed by atoms with Gasteiger partial charge in [0.2, 0.25) is 0 Å². The number of amides is 2. The predicted molar refractivity (Wildman–Crippen MR) is 73.5 cm³/mol. The molecule has 2 saturated heterocycles. The van der Waals surface area contributed by atoms with Crippen LogP contribution in [-0.4, -0.2) is 43.7 Å². The molecule has 2 aliphatic heterocycles. The molecule has 5 nitrogen and oxygen atoms in total. The lowest BCUT2D eigenvalue weighted by atomic mass is 10.1. The Morgan fingerprint density at radius 1 is 1.47 bits per heavy atom. The lowest BCUT2D eigenvalue weighted by molar-refractivity contribution is 0.219. The summed E-state index contributed by atoms with van der Waals surface area (Å²) in [5, 5.41) is 6.37. The fourth-order valence-corrected chi connectivity index (χ4v) is 2.92. The number of methoxy groups -OCH3 is 1. The van der Waals surface area contributed by atoms with Gasteiger partial charge in [0.1, 0.15) is 5.75 Å². The molecule has 3 rings (SSSR count). The van der Waals surface area contributed by atoms with Crippen LogP contribution in [0, 0.1) is 5.92 Å². The number of benzene rings is 1. The van der Waals surface area contributed by atoms with Crippen LogP contribution in [0.2, 0.25) is 0 Å². The molecule has 0 aliphatic carbocycles. The Balaban J connectivity index is 1.62. The Hall–Kier alpha value is -1.75. The first-order valence-corrected chi connectivity index (χ1v) is 6.69. The summed E-state index contributed by atoms with van der Waals surface area (Å²) in [5.41, 5.74) is 0.773. The Morgan fingerprint density at radius 2 is 2.37 bits per heavy atom. The number of hydrogen-bond acceptors (Lipinski definition) is 3. The van der Waals surface area contributed by atoms with Crippen LogP contribution in [0.3, 0.4) is 0 Å². The highest BCUT2D eigenvalue weighted by atomic mass is 16.5. The second-order valence-corrected chi connectivity index (χ2v) is 5.18. The van der Waals surface area contributed by atoms with Crippen molar-refractivity contribution in [1.29, 1.82) is 0 Å². The van der Waals surface area contributed by atoms with Crippen LogP contribution in [0.4, 0.5) is 10.5 Å². The molecule has 5 heteroatoms. The SMILES string of the molecule is COc1cccc(NC(=O)N2C[C@@H]3CCN[C@@H]3C2)c1. The zero-order valence-corrected chi connectivity index (χ0v) is 11.1. The van der Waals surface area contributed by atoms with Crippen molar-refractivity contribution < 1.29 is 9.53 Å². The number of urea groups is 1. The molecule has 2 fully saturated rings. The first-order valence-electron chi connectivity index (χ1n) is 6.69. The second kappa shape index (κ2) is 5.09. The number of nitrogens with zero attached hydrogens (tertiary/aromatic N) is 1. The molecule has 0 radical (unpaired) electrons. The van der Waals surface area contributed by atoms with Crippen molar-refractivity contribution in [2.45, 2.75) is 12.5 Å². The average Bonchev–Trinajstić information content (AvgIpc) is 2.99. The van der Waals surface area contributed by atoms with E-state index in [0.717, 1.165) is 31.1 Å². The number of hydrogen-bond donors (Lipinski definition) is 2. The molecule has 19 heavy (non-hydrogen) atoms. The second-order valence-electron chi connectivity index (χ2n) is 5.18. The highest BCUT2D eigenvalue weighted by Gasteiger charge is 2.37. The number of rotatable bonds is 2. The van der Waals surface area contributed by atoms with Gasteiger partial charge >= 0.3 is 6.03 Å². The standard InChI is InChI=1S/C14H19N3O2/c1-19-12-4-2-3-11(7-12)16-14(18)17-8-10-5-6-15-13(10)9-17/h2-4,7,10,13,15H,5-6,8-9H2,1H3,(H,16,18)/t10-,13+/m0/s1. The third-order valence-corrected chi connectivity index (χ3v) is 3.97. The number of nitrogens with one attached hydrogen (secondary N) is 2. The fraction of sp³-hybridized carbons (Fsp3) is 0.500. The molecule has 0 spiro atoms. The largest absolute Gasteiger partial charge is 0.497 e. The minimum absolute atomic E-state index is 0.0237. The normalized spacial score (nSPS) is 25.2.